The number of ether oxygens (including phenoxy) is 1. The first-order valence-electron chi connectivity index (χ1n) is 5.63. The van der Waals surface area contributed by atoms with Gasteiger partial charge in [0.2, 0.25) is 0 Å². The van der Waals surface area contributed by atoms with E-state index in [0.717, 1.165) is 23.2 Å². The van der Waals surface area contributed by atoms with E-state index in [-0.39, 0.29) is 0 Å². The predicted octanol–water partition coefficient (Wildman–Crippen LogP) is 4.04. The number of rotatable bonds is 4. The van der Waals surface area contributed by atoms with Gasteiger partial charge in [0.15, 0.2) is 0 Å². The first-order chi connectivity index (χ1) is 8.70. The minimum absolute atomic E-state index is 0.416. The number of benzene rings is 2. The molecule has 2 aromatic carbocycles. The Labute approximate surface area is 111 Å². The number of halogens is 1. The highest BCUT2D eigenvalue weighted by atomic mass is 35.5. The van der Waals surface area contributed by atoms with E-state index in [2.05, 4.69) is 0 Å². The summed E-state index contributed by atoms with van der Waals surface area (Å²) in [5, 5.41) is 0.693. The van der Waals surface area contributed by atoms with Crippen molar-refractivity contribution >= 4 is 17.9 Å². The van der Waals surface area contributed by atoms with E-state index in [1.807, 2.05) is 37.3 Å². The van der Waals surface area contributed by atoms with Crippen LogP contribution >= 0.6 is 11.6 Å². The summed E-state index contributed by atoms with van der Waals surface area (Å²) in [7, 11) is 0. The molecular weight excluding hydrogens is 248 g/mol. The molecule has 92 valence electrons. The average molecular weight is 261 g/mol. The first kappa shape index (κ1) is 12.7. The fourth-order valence-electron chi connectivity index (χ4n) is 1.65. The van der Waals surface area contributed by atoms with Crippen LogP contribution in [0, 0.1) is 6.92 Å². The molecule has 0 N–H and O–H groups in total. The van der Waals surface area contributed by atoms with Crippen LogP contribution < -0.4 is 4.74 Å². The number of aryl methyl sites for hydroxylation is 1. The lowest BCUT2D eigenvalue weighted by molar-refractivity contribution is 0.112. The Morgan fingerprint density at radius 2 is 2.00 bits per heavy atom. The van der Waals surface area contributed by atoms with Crippen LogP contribution in [0.4, 0.5) is 0 Å². The SMILES string of the molecule is Cc1cc(OCc2ccccc2Cl)ccc1C=O. The zero-order valence-electron chi connectivity index (χ0n) is 10.0. The molecule has 0 radical (unpaired) electrons. The second kappa shape index (κ2) is 5.69. The molecule has 0 aliphatic rings. The molecule has 0 amide bonds. The Bertz CT molecular complexity index is 564. The summed E-state index contributed by atoms with van der Waals surface area (Å²) >= 11 is 6.04. The lowest BCUT2D eigenvalue weighted by Crippen LogP contribution is -1.97. The van der Waals surface area contributed by atoms with Gasteiger partial charge in [-0.05, 0) is 36.8 Å². The van der Waals surface area contributed by atoms with Crippen LogP contribution in [0.1, 0.15) is 21.5 Å². The average Bonchev–Trinajstić information content (AvgIpc) is 2.38. The Hall–Kier alpha value is -1.80. The van der Waals surface area contributed by atoms with E-state index in [1.165, 1.54) is 0 Å². The zero-order chi connectivity index (χ0) is 13.0. The summed E-state index contributed by atoms with van der Waals surface area (Å²) in [5.41, 5.74) is 2.53. The van der Waals surface area contributed by atoms with Crippen LogP contribution in [0.25, 0.3) is 0 Å². The second-order valence-corrected chi connectivity index (χ2v) is 4.42. The molecule has 0 aliphatic carbocycles. The fourth-order valence-corrected chi connectivity index (χ4v) is 1.84. The molecular formula is C15H13ClO2. The number of carbonyl (C=O) groups is 1. The third-order valence-electron chi connectivity index (χ3n) is 2.72. The highest BCUT2D eigenvalue weighted by Crippen LogP contribution is 2.20. The van der Waals surface area contributed by atoms with Crippen molar-refractivity contribution in [3.05, 3.63) is 64.2 Å². The van der Waals surface area contributed by atoms with Gasteiger partial charge in [0.1, 0.15) is 18.6 Å². The van der Waals surface area contributed by atoms with E-state index >= 15 is 0 Å². The number of carbonyl (C=O) groups excluding carboxylic acids is 1. The van der Waals surface area contributed by atoms with Crippen molar-refractivity contribution in [2.75, 3.05) is 0 Å². The number of aldehydes is 1. The third-order valence-corrected chi connectivity index (χ3v) is 3.09. The Morgan fingerprint density at radius 3 is 2.67 bits per heavy atom. The molecule has 0 saturated heterocycles. The first-order valence-corrected chi connectivity index (χ1v) is 6.00. The monoisotopic (exact) mass is 260 g/mol. The molecule has 2 nitrogen and oxygen atoms in total. The summed E-state index contributed by atoms with van der Waals surface area (Å²) in [6.45, 7) is 2.30. The molecule has 3 heteroatoms. The molecule has 0 fully saturated rings. The van der Waals surface area contributed by atoms with Crippen molar-refractivity contribution in [3.8, 4) is 5.75 Å². The molecule has 0 spiro atoms. The largest absolute Gasteiger partial charge is 0.489 e. The van der Waals surface area contributed by atoms with Gasteiger partial charge in [-0.3, -0.25) is 4.79 Å². The quantitative estimate of drug-likeness (QED) is 0.776. The summed E-state index contributed by atoms with van der Waals surface area (Å²) in [4.78, 5) is 10.7. The van der Waals surface area contributed by atoms with Gasteiger partial charge in [-0.25, -0.2) is 0 Å². The fraction of sp³-hybridized carbons (Fsp3) is 0.133. The van der Waals surface area contributed by atoms with Crippen molar-refractivity contribution in [1.82, 2.24) is 0 Å². The summed E-state index contributed by atoms with van der Waals surface area (Å²) in [6, 6.07) is 13.0. The molecule has 0 unspecified atom stereocenters. The molecule has 0 aliphatic heterocycles. The van der Waals surface area contributed by atoms with Gasteiger partial charge < -0.3 is 4.74 Å². The maximum Gasteiger partial charge on any atom is 0.150 e. The number of hydrogen-bond acceptors (Lipinski definition) is 2. The van der Waals surface area contributed by atoms with Crippen LogP contribution in [0.3, 0.4) is 0 Å². The van der Waals surface area contributed by atoms with Gasteiger partial charge in [-0.15, -0.1) is 0 Å². The zero-order valence-corrected chi connectivity index (χ0v) is 10.8. The Morgan fingerprint density at radius 1 is 1.22 bits per heavy atom. The lowest BCUT2D eigenvalue weighted by atomic mass is 10.1. The second-order valence-electron chi connectivity index (χ2n) is 4.02. The summed E-state index contributed by atoms with van der Waals surface area (Å²) < 4.78 is 5.65. The Kier molecular flexibility index (Phi) is 4.00. The molecule has 2 aromatic rings. The van der Waals surface area contributed by atoms with Crippen LogP contribution in [0.5, 0.6) is 5.75 Å². The number of hydrogen-bond donors (Lipinski definition) is 0. The lowest BCUT2D eigenvalue weighted by Gasteiger charge is -2.09. The van der Waals surface area contributed by atoms with Crippen molar-refractivity contribution < 1.29 is 9.53 Å². The highest BCUT2D eigenvalue weighted by Gasteiger charge is 2.02. The van der Waals surface area contributed by atoms with Gasteiger partial charge in [-0.2, -0.15) is 0 Å². The van der Waals surface area contributed by atoms with Crippen molar-refractivity contribution in [2.24, 2.45) is 0 Å². The van der Waals surface area contributed by atoms with Crippen LogP contribution in [0.2, 0.25) is 5.02 Å². The van der Waals surface area contributed by atoms with Gasteiger partial charge in [0.05, 0.1) is 0 Å². The maximum absolute atomic E-state index is 10.7. The predicted molar refractivity (Wildman–Crippen MR) is 72.4 cm³/mol. The van der Waals surface area contributed by atoms with Gasteiger partial charge in [-0.1, -0.05) is 29.8 Å². The smallest absolute Gasteiger partial charge is 0.150 e. The molecule has 0 heterocycles. The van der Waals surface area contributed by atoms with Crippen LogP contribution in [0.15, 0.2) is 42.5 Å². The molecule has 0 aromatic heterocycles. The van der Waals surface area contributed by atoms with E-state index < -0.39 is 0 Å². The van der Waals surface area contributed by atoms with Crippen molar-refractivity contribution in [1.29, 1.82) is 0 Å². The molecule has 0 atom stereocenters. The normalized spacial score (nSPS) is 10.1. The minimum Gasteiger partial charge on any atom is -0.489 e. The highest BCUT2D eigenvalue weighted by molar-refractivity contribution is 6.31. The van der Waals surface area contributed by atoms with Crippen molar-refractivity contribution in [3.63, 3.8) is 0 Å². The van der Waals surface area contributed by atoms with E-state index in [9.17, 15) is 4.79 Å². The van der Waals surface area contributed by atoms with Gasteiger partial charge in [0.25, 0.3) is 0 Å². The maximum atomic E-state index is 10.7. The molecule has 0 saturated carbocycles. The van der Waals surface area contributed by atoms with Gasteiger partial charge in [0, 0.05) is 16.1 Å². The van der Waals surface area contributed by atoms with E-state index in [1.54, 1.807) is 12.1 Å². The van der Waals surface area contributed by atoms with E-state index in [4.69, 9.17) is 16.3 Å². The Balaban J connectivity index is 2.09. The topological polar surface area (TPSA) is 26.3 Å². The van der Waals surface area contributed by atoms with Crippen LogP contribution in [-0.2, 0) is 6.61 Å². The molecule has 2 rings (SSSR count). The van der Waals surface area contributed by atoms with Crippen LogP contribution in [-0.4, -0.2) is 6.29 Å². The van der Waals surface area contributed by atoms with Crippen molar-refractivity contribution in [2.45, 2.75) is 13.5 Å². The summed E-state index contributed by atoms with van der Waals surface area (Å²) in [5.74, 6) is 0.734. The third kappa shape index (κ3) is 2.90. The van der Waals surface area contributed by atoms with E-state index in [0.29, 0.717) is 17.2 Å². The molecule has 0 bridgehead atoms. The summed E-state index contributed by atoms with van der Waals surface area (Å²) in [6.07, 6.45) is 0.840. The standard InChI is InChI=1S/C15H13ClO2/c1-11-8-14(7-6-12(11)9-17)18-10-13-4-2-3-5-15(13)16/h2-9H,10H2,1H3. The van der Waals surface area contributed by atoms with Gasteiger partial charge >= 0.3 is 0 Å². The molecule has 18 heavy (non-hydrogen) atoms. The minimum atomic E-state index is 0.416.